The maximum absolute atomic E-state index is 12.8. The van der Waals surface area contributed by atoms with Gasteiger partial charge in [-0.25, -0.2) is 4.68 Å². The highest BCUT2D eigenvalue weighted by molar-refractivity contribution is 5.97. The smallest absolute Gasteiger partial charge is 0.255 e. The molecule has 0 unspecified atom stereocenters. The number of nitrogen functional groups attached to an aromatic ring is 1. The molecule has 4 aromatic rings. The summed E-state index contributed by atoms with van der Waals surface area (Å²) in [5.74, 6) is 1.24. The molecular weight excluding hydrogens is 414 g/mol. The average molecular weight is 438 g/mol. The number of amides is 1. The summed E-state index contributed by atoms with van der Waals surface area (Å²) in [4.78, 5) is 12.8. The van der Waals surface area contributed by atoms with Crippen LogP contribution in [0.2, 0.25) is 0 Å². The number of benzene rings is 3. The lowest BCUT2D eigenvalue weighted by Gasteiger charge is -2.11. The third-order valence-electron chi connectivity index (χ3n) is 5.08. The number of carbonyl (C=O) groups excluding carboxylic acids is 1. The molecular formula is C26H23N5O2. The van der Waals surface area contributed by atoms with Crippen molar-refractivity contribution in [2.45, 2.75) is 12.8 Å². The molecule has 3 N–H and O–H groups in total. The highest BCUT2D eigenvalue weighted by atomic mass is 16.5. The summed E-state index contributed by atoms with van der Waals surface area (Å²) in [6.45, 7) is 0.418. The number of nitrogens with zero attached hydrogens (tertiary/aromatic N) is 3. The van der Waals surface area contributed by atoms with E-state index < -0.39 is 0 Å². The lowest BCUT2D eigenvalue weighted by molar-refractivity contribution is 0.0951. The molecule has 1 heterocycles. The van der Waals surface area contributed by atoms with Crippen LogP contribution in [0.3, 0.4) is 0 Å². The summed E-state index contributed by atoms with van der Waals surface area (Å²) in [5.41, 5.74) is 8.38. The predicted molar refractivity (Wildman–Crippen MR) is 126 cm³/mol. The van der Waals surface area contributed by atoms with E-state index in [-0.39, 0.29) is 5.91 Å². The molecule has 1 amide bonds. The molecule has 0 aliphatic rings. The molecule has 7 heteroatoms. The molecule has 0 spiro atoms. The number of hydrogen-bond acceptors (Lipinski definition) is 5. The average Bonchev–Trinajstić information content (AvgIpc) is 3.18. The van der Waals surface area contributed by atoms with Gasteiger partial charge in [0.2, 0.25) is 0 Å². The number of nitriles is 1. The van der Waals surface area contributed by atoms with Crippen LogP contribution in [0.4, 0.5) is 5.82 Å². The van der Waals surface area contributed by atoms with Crippen LogP contribution in [0.1, 0.15) is 28.0 Å². The van der Waals surface area contributed by atoms with Crippen LogP contribution in [0.25, 0.3) is 5.69 Å². The Balaban J connectivity index is 1.38. The SMILES string of the molecule is N#Cc1c(CCCNC(=O)c2ccccc2Oc2ccccc2)nn(-c2ccccc2)c1N. The minimum absolute atomic E-state index is 0.226. The Morgan fingerprint density at radius 1 is 1.00 bits per heavy atom. The minimum atomic E-state index is -0.226. The number of anilines is 1. The first-order valence-electron chi connectivity index (χ1n) is 10.6. The third kappa shape index (κ3) is 5.02. The lowest BCUT2D eigenvalue weighted by Crippen LogP contribution is -2.25. The summed E-state index contributed by atoms with van der Waals surface area (Å²) in [5, 5.41) is 17.0. The largest absolute Gasteiger partial charge is 0.457 e. The lowest BCUT2D eigenvalue weighted by atomic mass is 10.1. The van der Waals surface area contributed by atoms with Gasteiger partial charge in [-0.3, -0.25) is 4.79 Å². The van der Waals surface area contributed by atoms with E-state index in [9.17, 15) is 10.1 Å². The van der Waals surface area contributed by atoms with E-state index in [1.807, 2.05) is 66.7 Å². The maximum atomic E-state index is 12.8. The highest BCUT2D eigenvalue weighted by Gasteiger charge is 2.17. The van der Waals surface area contributed by atoms with E-state index >= 15 is 0 Å². The molecule has 0 aliphatic carbocycles. The summed E-state index contributed by atoms with van der Waals surface area (Å²) in [6.07, 6.45) is 1.11. The Labute approximate surface area is 192 Å². The Morgan fingerprint density at radius 2 is 1.67 bits per heavy atom. The van der Waals surface area contributed by atoms with Gasteiger partial charge in [-0.15, -0.1) is 0 Å². The monoisotopic (exact) mass is 437 g/mol. The number of nitrogens with two attached hydrogens (primary N) is 1. The van der Waals surface area contributed by atoms with Crippen molar-refractivity contribution in [3.05, 3.63) is 102 Å². The molecule has 1 aromatic heterocycles. The van der Waals surface area contributed by atoms with E-state index in [0.29, 0.717) is 53.5 Å². The topological polar surface area (TPSA) is 106 Å². The van der Waals surface area contributed by atoms with E-state index in [4.69, 9.17) is 10.5 Å². The summed E-state index contributed by atoms with van der Waals surface area (Å²) < 4.78 is 7.44. The molecule has 4 rings (SSSR count). The Kier molecular flexibility index (Phi) is 6.67. The molecule has 33 heavy (non-hydrogen) atoms. The number of ether oxygens (including phenoxy) is 1. The second-order valence-corrected chi connectivity index (χ2v) is 7.34. The number of aryl methyl sites for hydroxylation is 1. The van der Waals surface area contributed by atoms with Crippen molar-refractivity contribution in [3.63, 3.8) is 0 Å². The number of aromatic nitrogens is 2. The van der Waals surface area contributed by atoms with Crippen LogP contribution in [-0.4, -0.2) is 22.2 Å². The van der Waals surface area contributed by atoms with Gasteiger partial charge >= 0.3 is 0 Å². The first-order chi connectivity index (χ1) is 16.2. The van der Waals surface area contributed by atoms with Crippen molar-refractivity contribution < 1.29 is 9.53 Å². The van der Waals surface area contributed by atoms with Gasteiger partial charge in [-0.05, 0) is 49.2 Å². The van der Waals surface area contributed by atoms with Crippen LogP contribution in [-0.2, 0) is 6.42 Å². The van der Waals surface area contributed by atoms with E-state index in [1.54, 1.807) is 22.9 Å². The first kappa shape index (κ1) is 21.7. The quantitative estimate of drug-likeness (QED) is 0.395. The van der Waals surface area contributed by atoms with Gasteiger partial charge < -0.3 is 15.8 Å². The van der Waals surface area contributed by atoms with Crippen molar-refractivity contribution in [1.82, 2.24) is 15.1 Å². The molecule has 164 valence electrons. The maximum Gasteiger partial charge on any atom is 0.255 e. The zero-order chi connectivity index (χ0) is 23.0. The van der Waals surface area contributed by atoms with Gasteiger partial charge in [0, 0.05) is 6.54 Å². The normalized spacial score (nSPS) is 10.4. The van der Waals surface area contributed by atoms with Gasteiger partial charge in [-0.2, -0.15) is 10.4 Å². The standard InChI is InChI=1S/C26H23N5O2/c27-18-22-23(30-31(25(22)28)19-10-3-1-4-11-19)15-9-17-29-26(32)21-14-7-8-16-24(21)33-20-12-5-2-6-13-20/h1-8,10-14,16H,9,15,17,28H2,(H,29,32). The fraction of sp³-hybridized carbons (Fsp3) is 0.115. The molecule has 7 nitrogen and oxygen atoms in total. The molecule has 0 bridgehead atoms. The van der Waals surface area contributed by atoms with Crippen LogP contribution in [0.5, 0.6) is 11.5 Å². The van der Waals surface area contributed by atoms with Gasteiger partial charge in [0.05, 0.1) is 16.9 Å². The van der Waals surface area contributed by atoms with E-state index in [2.05, 4.69) is 16.5 Å². The zero-order valence-corrected chi connectivity index (χ0v) is 17.9. The number of nitrogens with one attached hydrogen (secondary N) is 1. The number of hydrogen-bond donors (Lipinski definition) is 2. The molecule has 3 aromatic carbocycles. The van der Waals surface area contributed by atoms with Gasteiger partial charge in [0.15, 0.2) is 0 Å². The highest BCUT2D eigenvalue weighted by Crippen LogP contribution is 2.25. The van der Waals surface area contributed by atoms with E-state index in [0.717, 1.165) is 5.69 Å². The van der Waals surface area contributed by atoms with Crippen LogP contribution >= 0.6 is 0 Å². The molecule has 0 aliphatic heterocycles. The van der Waals surface area contributed by atoms with Crippen molar-refractivity contribution >= 4 is 11.7 Å². The van der Waals surface area contributed by atoms with Gasteiger partial charge in [0.1, 0.15) is 28.9 Å². The second-order valence-electron chi connectivity index (χ2n) is 7.34. The van der Waals surface area contributed by atoms with Crippen LogP contribution < -0.4 is 15.8 Å². The third-order valence-corrected chi connectivity index (χ3v) is 5.08. The Morgan fingerprint density at radius 3 is 2.39 bits per heavy atom. The van der Waals surface area contributed by atoms with Crippen molar-refractivity contribution in [3.8, 4) is 23.3 Å². The summed E-state index contributed by atoms with van der Waals surface area (Å²) in [7, 11) is 0. The number of para-hydroxylation sites is 3. The molecule has 0 atom stereocenters. The van der Waals surface area contributed by atoms with Crippen LogP contribution in [0, 0.1) is 11.3 Å². The first-order valence-corrected chi connectivity index (χ1v) is 10.6. The summed E-state index contributed by atoms with van der Waals surface area (Å²) >= 11 is 0. The molecule has 0 saturated heterocycles. The fourth-order valence-electron chi connectivity index (χ4n) is 3.45. The Bertz CT molecular complexity index is 1280. The predicted octanol–water partition coefficient (Wildman–Crippen LogP) is 4.48. The summed E-state index contributed by atoms with van der Waals surface area (Å²) in [6, 6.07) is 28.0. The van der Waals surface area contributed by atoms with Gasteiger partial charge in [-0.1, -0.05) is 48.5 Å². The van der Waals surface area contributed by atoms with Gasteiger partial charge in [0.25, 0.3) is 5.91 Å². The van der Waals surface area contributed by atoms with Crippen molar-refractivity contribution in [2.24, 2.45) is 0 Å². The molecule has 0 fully saturated rings. The number of rotatable bonds is 8. The second kappa shape index (κ2) is 10.2. The zero-order valence-electron chi connectivity index (χ0n) is 17.9. The Hall–Kier alpha value is -4.57. The van der Waals surface area contributed by atoms with E-state index in [1.165, 1.54) is 0 Å². The van der Waals surface area contributed by atoms with Crippen molar-refractivity contribution in [1.29, 1.82) is 5.26 Å². The van der Waals surface area contributed by atoms with Crippen molar-refractivity contribution in [2.75, 3.05) is 12.3 Å². The number of carbonyl (C=O) groups is 1. The molecule has 0 radical (unpaired) electrons. The fourth-order valence-corrected chi connectivity index (χ4v) is 3.45. The van der Waals surface area contributed by atoms with Crippen LogP contribution in [0.15, 0.2) is 84.9 Å². The minimum Gasteiger partial charge on any atom is -0.457 e. The molecule has 0 saturated carbocycles.